The molecule has 3 heterocycles. The predicted molar refractivity (Wildman–Crippen MR) is 161 cm³/mol. The number of nitrogens with one attached hydrogen (secondary N) is 1. The highest BCUT2D eigenvalue weighted by Crippen LogP contribution is 2.41. The van der Waals surface area contributed by atoms with Gasteiger partial charge in [-0.1, -0.05) is 13.3 Å². The summed E-state index contributed by atoms with van der Waals surface area (Å²) in [4.78, 5) is 26.3. The van der Waals surface area contributed by atoms with E-state index in [0.29, 0.717) is 33.4 Å². The third kappa shape index (κ3) is 5.23. The molecule has 3 aromatic heterocycles. The van der Waals surface area contributed by atoms with Crippen LogP contribution in [-0.4, -0.2) is 39.2 Å². The van der Waals surface area contributed by atoms with Crippen molar-refractivity contribution in [2.24, 2.45) is 7.05 Å². The Kier molecular flexibility index (Phi) is 7.55. The summed E-state index contributed by atoms with van der Waals surface area (Å²) in [6.07, 6.45) is 6.01. The molecule has 0 fully saturated rings. The molecule has 5 aromatic rings. The Balaban J connectivity index is 1.82. The van der Waals surface area contributed by atoms with Crippen molar-refractivity contribution in [3.63, 3.8) is 0 Å². The number of sulfonamides is 1. The van der Waals surface area contributed by atoms with E-state index in [0.717, 1.165) is 29.0 Å². The molecule has 0 aliphatic rings. The summed E-state index contributed by atoms with van der Waals surface area (Å²) in [5.41, 5.74) is 3.11. The Morgan fingerprint density at radius 1 is 1.07 bits per heavy atom. The zero-order valence-electron chi connectivity index (χ0n) is 23.8. The lowest BCUT2D eigenvalue weighted by Crippen LogP contribution is -2.25. The number of halogens is 1. The van der Waals surface area contributed by atoms with Crippen LogP contribution in [0.15, 0.2) is 74.6 Å². The quantitative estimate of drug-likeness (QED) is 0.252. The third-order valence-electron chi connectivity index (χ3n) is 7.16. The number of aryl methyl sites for hydroxylation is 2. The molecule has 0 saturated carbocycles. The van der Waals surface area contributed by atoms with E-state index in [9.17, 15) is 22.4 Å². The van der Waals surface area contributed by atoms with Crippen LogP contribution in [0.3, 0.4) is 0 Å². The highest BCUT2D eigenvalue weighted by Gasteiger charge is 2.26. The van der Waals surface area contributed by atoms with Crippen molar-refractivity contribution in [2.75, 3.05) is 24.7 Å². The van der Waals surface area contributed by atoms with Crippen molar-refractivity contribution < 1.29 is 26.4 Å². The van der Waals surface area contributed by atoms with Gasteiger partial charge in [-0.2, -0.15) is 0 Å². The first-order chi connectivity index (χ1) is 19.9. The molecule has 0 atom stereocenters. The Morgan fingerprint density at radius 3 is 2.43 bits per heavy atom. The van der Waals surface area contributed by atoms with Crippen LogP contribution < -0.4 is 15.2 Å². The SMILES string of the molecule is CCCc1coc(-c2cc(-c3cc4c(C(=O)NC)c(-c5ccc(F)cc5)oc4cc3N(C)S(C)(=O)=O)cn(C)c2=O)c1. The van der Waals surface area contributed by atoms with Crippen molar-refractivity contribution in [2.45, 2.75) is 19.8 Å². The zero-order chi connectivity index (χ0) is 30.3. The van der Waals surface area contributed by atoms with Gasteiger partial charge in [-0.3, -0.25) is 13.9 Å². The molecule has 9 nitrogen and oxygen atoms in total. The summed E-state index contributed by atoms with van der Waals surface area (Å²) < 4.78 is 53.5. The molecular formula is C31H30FN3O6S. The smallest absolute Gasteiger partial charge is 0.261 e. The number of fused-ring (bicyclic) bond motifs is 1. The topological polar surface area (TPSA) is 115 Å². The van der Waals surface area contributed by atoms with Crippen molar-refractivity contribution in [1.82, 2.24) is 9.88 Å². The first-order valence-corrected chi connectivity index (χ1v) is 15.1. The van der Waals surface area contributed by atoms with Gasteiger partial charge in [0.2, 0.25) is 10.0 Å². The highest BCUT2D eigenvalue weighted by molar-refractivity contribution is 7.92. The molecule has 0 bridgehead atoms. The molecule has 5 rings (SSSR count). The molecule has 1 amide bonds. The third-order valence-corrected chi connectivity index (χ3v) is 8.35. The summed E-state index contributed by atoms with van der Waals surface area (Å²) in [6.45, 7) is 2.05. The predicted octanol–water partition coefficient (Wildman–Crippen LogP) is 5.57. The molecule has 0 spiro atoms. The van der Waals surface area contributed by atoms with E-state index < -0.39 is 21.7 Å². The van der Waals surface area contributed by atoms with Gasteiger partial charge in [0.1, 0.15) is 22.9 Å². The molecule has 0 aliphatic carbocycles. The summed E-state index contributed by atoms with van der Waals surface area (Å²) in [6, 6.07) is 12.2. The minimum absolute atomic E-state index is 0.203. The van der Waals surface area contributed by atoms with Crippen molar-refractivity contribution in [1.29, 1.82) is 0 Å². The number of anilines is 1. The molecule has 11 heteroatoms. The molecule has 2 aromatic carbocycles. The van der Waals surface area contributed by atoms with Gasteiger partial charge in [-0.05, 0) is 54.4 Å². The summed E-state index contributed by atoms with van der Waals surface area (Å²) in [5.74, 6) is -0.286. The number of benzene rings is 2. The van der Waals surface area contributed by atoms with Crippen LogP contribution in [0.1, 0.15) is 29.3 Å². The summed E-state index contributed by atoms with van der Waals surface area (Å²) in [5, 5.41) is 3.03. The van der Waals surface area contributed by atoms with E-state index in [1.807, 2.05) is 13.0 Å². The van der Waals surface area contributed by atoms with Gasteiger partial charge in [0.15, 0.2) is 0 Å². The highest BCUT2D eigenvalue weighted by atomic mass is 32.2. The second-order valence-electron chi connectivity index (χ2n) is 10.1. The van der Waals surface area contributed by atoms with Crippen molar-refractivity contribution in [3.8, 4) is 33.8 Å². The number of hydrogen-bond donors (Lipinski definition) is 1. The number of carbonyl (C=O) groups excluding carboxylic acids is 1. The van der Waals surface area contributed by atoms with Crippen LogP contribution in [0.5, 0.6) is 0 Å². The molecule has 1 N–H and O–H groups in total. The number of furan rings is 2. The van der Waals surface area contributed by atoms with Crippen molar-refractivity contribution >= 4 is 32.6 Å². The normalized spacial score (nSPS) is 11.7. The monoisotopic (exact) mass is 591 g/mol. The van der Waals surface area contributed by atoms with Crippen LogP contribution in [0.4, 0.5) is 10.1 Å². The number of rotatable bonds is 8. The maximum atomic E-state index is 13.7. The van der Waals surface area contributed by atoms with Gasteiger partial charge < -0.3 is 18.7 Å². The first-order valence-electron chi connectivity index (χ1n) is 13.2. The van der Waals surface area contributed by atoms with Gasteiger partial charge in [0.05, 0.1) is 29.3 Å². The van der Waals surface area contributed by atoms with Crippen LogP contribution in [0, 0.1) is 5.82 Å². The number of carbonyl (C=O) groups is 1. The van der Waals surface area contributed by atoms with Gasteiger partial charge in [-0.15, -0.1) is 0 Å². The van der Waals surface area contributed by atoms with Crippen LogP contribution in [-0.2, 0) is 23.5 Å². The fourth-order valence-corrected chi connectivity index (χ4v) is 5.44. The summed E-state index contributed by atoms with van der Waals surface area (Å²) in [7, 11) is 0.762. The lowest BCUT2D eigenvalue weighted by Gasteiger charge is -2.21. The average molecular weight is 592 g/mol. The zero-order valence-corrected chi connectivity index (χ0v) is 24.6. The largest absolute Gasteiger partial charge is 0.464 e. The van der Waals surface area contributed by atoms with Gasteiger partial charge >= 0.3 is 0 Å². The standard InChI is InChI=1S/C31H30FN3O6S/c1-6-7-18-12-26(40-17-18)24-13-20(16-34(3)31(24)37)22-14-23-27(15-25(22)35(4)42(5,38)39)41-29(28(23)30(36)33-2)19-8-10-21(32)11-9-19/h8-17H,6-7H2,1-5H3,(H,33,36). The van der Waals surface area contributed by atoms with E-state index in [2.05, 4.69) is 5.32 Å². The molecule has 0 aliphatic heterocycles. The van der Waals surface area contributed by atoms with Crippen molar-refractivity contribution in [3.05, 3.63) is 88.3 Å². The molecule has 0 radical (unpaired) electrons. The number of pyridine rings is 1. The number of aromatic nitrogens is 1. The van der Waals surface area contributed by atoms with E-state index in [1.54, 1.807) is 37.7 Å². The fraction of sp³-hybridized carbons (Fsp3) is 0.226. The molecule has 42 heavy (non-hydrogen) atoms. The van der Waals surface area contributed by atoms with E-state index in [-0.39, 0.29) is 28.2 Å². The van der Waals surface area contributed by atoms with E-state index >= 15 is 0 Å². The Hall–Kier alpha value is -4.64. The fourth-order valence-electron chi connectivity index (χ4n) is 4.93. The number of amides is 1. The van der Waals surface area contributed by atoms with Gasteiger partial charge in [0, 0.05) is 55.5 Å². The number of hydrogen-bond acceptors (Lipinski definition) is 6. The first kappa shape index (κ1) is 28.9. The van der Waals surface area contributed by atoms with Crippen LogP contribution in [0.25, 0.3) is 44.7 Å². The van der Waals surface area contributed by atoms with Gasteiger partial charge in [0.25, 0.3) is 11.5 Å². The molecule has 0 unspecified atom stereocenters. The number of nitrogens with zero attached hydrogens (tertiary/aromatic N) is 2. The molecule has 0 saturated heterocycles. The second kappa shape index (κ2) is 11.0. The Bertz CT molecular complexity index is 1990. The minimum atomic E-state index is -3.74. The lowest BCUT2D eigenvalue weighted by atomic mass is 9.98. The van der Waals surface area contributed by atoms with E-state index in [1.165, 1.54) is 42.9 Å². The second-order valence-corrected chi connectivity index (χ2v) is 12.1. The maximum Gasteiger partial charge on any atom is 0.261 e. The Morgan fingerprint density at radius 2 is 1.79 bits per heavy atom. The van der Waals surface area contributed by atoms with Gasteiger partial charge in [-0.25, -0.2) is 12.8 Å². The summed E-state index contributed by atoms with van der Waals surface area (Å²) >= 11 is 0. The Labute approximate surface area is 242 Å². The molecule has 218 valence electrons. The van der Waals surface area contributed by atoms with Crippen LogP contribution >= 0.6 is 0 Å². The lowest BCUT2D eigenvalue weighted by molar-refractivity contribution is 0.0964. The van der Waals surface area contributed by atoms with Crippen LogP contribution in [0.2, 0.25) is 0 Å². The minimum Gasteiger partial charge on any atom is -0.464 e. The maximum absolute atomic E-state index is 13.7. The van der Waals surface area contributed by atoms with E-state index in [4.69, 9.17) is 8.83 Å². The molecular weight excluding hydrogens is 561 g/mol. The average Bonchev–Trinajstić information content (AvgIpc) is 3.57.